The fourth-order valence-corrected chi connectivity index (χ4v) is 1.15. The van der Waals surface area contributed by atoms with E-state index in [1.165, 1.54) is 4.90 Å². The van der Waals surface area contributed by atoms with Crippen molar-refractivity contribution in [2.75, 3.05) is 33.4 Å². The van der Waals surface area contributed by atoms with Crippen LogP contribution in [0.4, 0.5) is 0 Å². The van der Waals surface area contributed by atoms with Crippen molar-refractivity contribution in [1.82, 2.24) is 4.90 Å². The van der Waals surface area contributed by atoms with Crippen LogP contribution in [0, 0.1) is 5.92 Å². The Kier molecular flexibility index (Phi) is 7.29. The fraction of sp³-hybridized carbons (Fsp3) is 0.900. The minimum atomic E-state index is -0.506. The zero-order valence-corrected chi connectivity index (χ0v) is 9.77. The molecule has 0 aromatic rings. The van der Waals surface area contributed by atoms with E-state index >= 15 is 0 Å². The minimum Gasteiger partial charge on any atom is -0.395 e. The maximum absolute atomic E-state index is 11.8. The van der Waals surface area contributed by atoms with Crippen molar-refractivity contribution in [3.63, 3.8) is 0 Å². The van der Waals surface area contributed by atoms with Crippen LogP contribution in [0.1, 0.15) is 13.8 Å². The van der Waals surface area contributed by atoms with Gasteiger partial charge in [0.1, 0.15) is 0 Å². The number of carbonyl (C=O) groups excluding carboxylic acids is 1. The zero-order chi connectivity index (χ0) is 11.8. The van der Waals surface area contributed by atoms with E-state index in [-0.39, 0.29) is 18.4 Å². The Morgan fingerprint density at radius 2 is 2.07 bits per heavy atom. The summed E-state index contributed by atoms with van der Waals surface area (Å²) in [6.45, 7) is 4.97. The molecule has 90 valence electrons. The van der Waals surface area contributed by atoms with Crippen LogP contribution in [-0.4, -0.2) is 55.4 Å². The number of hydrogen-bond donors (Lipinski definition) is 2. The van der Waals surface area contributed by atoms with Crippen LogP contribution in [-0.2, 0) is 9.53 Å². The van der Waals surface area contributed by atoms with E-state index in [1.54, 1.807) is 7.11 Å². The molecule has 0 bridgehead atoms. The number of amides is 1. The second kappa shape index (κ2) is 7.62. The number of nitrogens with two attached hydrogens (primary N) is 1. The standard InChI is InChI=1S/C10H22N2O3/c1-8(2)9(11)10(14)12(4-6-13)5-7-15-3/h8-9,13H,4-7,11H2,1-3H3/t9-/m0/s1. The summed E-state index contributed by atoms with van der Waals surface area (Å²) in [6, 6.07) is -0.506. The van der Waals surface area contributed by atoms with Gasteiger partial charge >= 0.3 is 0 Å². The summed E-state index contributed by atoms with van der Waals surface area (Å²) >= 11 is 0. The number of ether oxygens (including phenoxy) is 1. The van der Waals surface area contributed by atoms with Gasteiger partial charge in [-0.15, -0.1) is 0 Å². The molecule has 0 fully saturated rings. The summed E-state index contributed by atoms with van der Waals surface area (Å²) in [6.07, 6.45) is 0. The van der Waals surface area contributed by atoms with Gasteiger partial charge in [0, 0.05) is 20.2 Å². The number of methoxy groups -OCH3 is 1. The van der Waals surface area contributed by atoms with E-state index in [0.717, 1.165) is 0 Å². The van der Waals surface area contributed by atoms with Gasteiger partial charge in [0.05, 0.1) is 19.3 Å². The Balaban J connectivity index is 4.26. The molecule has 0 aliphatic rings. The normalized spacial score (nSPS) is 12.9. The lowest BCUT2D eigenvalue weighted by atomic mass is 10.0. The van der Waals surface area contributed by atoms with Crippen LogP contribution in [0.2, 0.25) is 0 Å². The molecule has 0 aliphatic carbocycles. The molecule has 0 heterocycles. The molecule has 3 N–H and O–H groups in total. The summed E-state index contributed by atoms with van der Waals surface area (Å²) in [4.78, 5) is 13.4. The molecule has 0 aromatic carbocycles. The summed E-state index contributed by atoms with van der Waals surface area (Å²) in [5.41, 5.74) is 5.75. The van der Waals surface area contributed by atoms with Crippen LogP contribution in [0.15, 0.2) is 0 Å². The molecule has 0 saturated carbocycles. The van der Waals surface area contributed by atoms with Gasteiger partial charge in [0.15, 0.2) is 0 Å². The highest BCUT2D eigenvalue weighted by molar-refractivity contribution is 5.81. The predicted octanol–water partition coefficient (Wildman–Crippen LogP) is -0.563. The first kappa shape index (κ1) is 14.3. The number of nitrogens with zero attached hydrogens (tertiary/aromatic N) is 1. The molecule has 0 radical (unpaired) electrons. The van der Waals surface area contributed by atoms with Crippen molar-refractivity contribution in [3.05, 3.63) is 0 Å². The second-order valence-corrected chi connectivity index (χ2v) is 3.81. The van der Waals surface area contributed by atoms with Gasteiger partial charge < -0.3 is 20.5 Å². The molecule has 5 nitrogen and oxygen atoms in total. The largest absolute Gasteiger partial charge is 0.395 e. The third-order valence-electron chi connectivity index (χ3n) is 2.25. The first-order valence-corrected chi connectivity index (χ1v) is 5.18. The molecule has 0 rings (SSSR count). The number of rotatable bonds is 7. The second-order valence-electron chi connectivity index (χ2n) is 3.81. The fourth-order valence-electron chi connectivity index (χ4n) is 1.15. The zero-order valence-electron chi connectivity index (χ0n) is 9.77. The maximum atomic E-state index is 11.8. The van der Waals surface area contributed by atoms with E-state index in [2.05, 4.69) is 0 Å². The number of carbonyl (C=O) groups is 1. The van der Waals surface area contributed by atoms with Crippen molar-refractivity contribution < 1.29 is 14.6 Å². The third-order valence-corrected chi connectivity index (χ3v) is 2.25. The lowest BCUT2D eigenvalue weighted by Gasteiger charge is -2.26. The van der Waals surface area contributed by atoms with Gasteiger partial charge in [-0.25, -0.2) is 0 Å². The van der Waals surface area contributed by atoms with E-state index in [4.69, 9.17) is 15.6 Å². The van der Waals surface area contributed by atoms with Crippen LogP contribution in [0.5, 0.6) is 0 Å². The first-order valence-electron chi connectivity index (χ1n) is 5.18. The van der Waals surface area contributed by atoms with Crippen molar-refractivity contribution in [1.29, 1.82) is 0 Å². The van der Waals surface area contributed by atoms with Crippen molar-refractivity contribution in [2.24, 2.45) is 11.7 Å². The lowest BCUT2D eigenvalue weighted by Crippen LogP contribution is -2.48. The van der Waals surface area contributed by atoms with Crippen LogP contribution in [0.25, 0.3) is 0 Å². The number of aliphatic hydroxyl groups is 1. The molecule has 5 heteroatoms. The summed E-state index contributed by atoms with van der Waals surface area (Å²) < 4.78 is 4.89. The quantitative estimate of drug-likeness (QED) is 0.600. The number of hydrogen-bond acceptors (Lipinski definition) is 4. The molecule has 0 aromatic heterocycles. The SMILES string of the molecule is COCCN(CCO)C(=O)[C@@H](N)C(C)C. The van der Waals surface area contributed by atoms with Crippen molar-refractivity contribution in [3.8, 4) is 0 Å². The topological polar surface area (TPSA) is 75.8 Å². The smallest absolute Gasteiger partial charge is 0.239 e. The van der Waals surface area contributed by atoms with E-state index in [1.807, 2.05) is 13.8 Å². The molecule has 0 unspecified atom stereocenters. The van der Waals surface area contributed by atoms with E-state index in [0.29, 0.717) is 19.7 Å². The number of aliphatic hydroxyl groups excluding tert-OH is 1. The van der Waals surface area contributed by atoms with Gasteiger partial charge in [-0.3, -0.25) is 4.79 Å². The average Bonchev–Trinajstić information content (AvgIpc) is 2.22. The van der Waals surface area contributed by atoms with Crippen LogP contribution in [0.3, 0.4) is 0 Å². The Morgan fingerprint density at radius 3 is 2.47 bits per heavy atom. The minimum absolute atomic E-state index is 0.0553. The van der Waals surface area contributed by atoms with Crippen molar-refractivity contribution >= 4 is 5.91 Å². The first-order chi connectivity index (χ1) is 7.04. The van der Waals surface area contributed by atoms with Gasteiger partial charge in [-0.05, 0) is 5.92 Å². The third kappa shape index (κ3) is 5.11. The predicted molar refractivity (Wildman–Crippen MR) is 58.4 cm³/mol. The molecule has 0 aliphatic heterocycles. The molecular formula is C10H22N2O3. The Hall–Kier alpha value is -0.650. The van der Waals surface area contributed by atoms with Crippen molar-refractivity contribution in [2.45, 2.75) is 19.9 Å². The molecule has 15 heavy (non-hydrogen) atoms. The Morgan fingerprint density at radius 1 is 1.47 bits per heavy atom. The molecule has 1 amide bonds. The van der Waals surface area contributed by atoms with Gasteiger partial charge in [0.2, 0.25) is 5.91 Å². The van der Waals surface area contributed by atoms with Crippen LogP contribution < -0.4 is 5.73 Å². The van der Waals surface area contributed by atoms with Gasteiger partial charge in [-0.1, -0.05) is 13.8 Å². The molecule has 0 saturated heterocycles. The molecule has 0 spiro atoms. The van der Waals surface area contributed by atoms with Crippen LogP contribution >= 0.6 is 0 Å². The monoisotopic (exact) mass is 218 g/mol. The Labute approximate surface area is 91.2 Å². The Bertz CT molecular complexity index is 186. The summed E-state index contributed by atoms with van der Waals surface area (Å²) in [7, 11) is 1.57. The highest BCUT2D eigenvalue weighted by Crippen LogP contribution is 2.03. The van der Waals surface area contributed by atoms with E-state index < -0.39 is 6.04 Å². The van der Waals surface area contributed by atoms with Gasteiger partial charge in [-0.2, -0.15) is 0 Å². The summed E-state index contributed by atoms with van der Waals surface area (Å²) in [5, 5.41) is 8.83. The highest BCUT2D eigenvalue weighted by atomic mass is 16.5. The summed E-state index contributed by atoms with van der Waals surface area (Å²) in [5.74, 6) is -0.0302. The van der Waals surface area contributed by atoms with E-state index in [9.17, 15) is 4.79 Å². The average molecular weight is 218 g/mol. The van der Waals surface area contributed by atoms with Gasteiger partial charge in [0.25, 0.3) is 0 Å². The molecule has 1 atom stereocenters. The lowest BCUT2D eigenvalue weighted by molar-refractivity contribution is -0.134. The highest BCUT2D eigenvalue weighted by Gasteiger charge is 2.22. The molecular weight excluding hydrogens is 196 g/mol. The maximum Gasteiger partial charge on any atom is 0.239 e.